The summed E-state index contributed by atoms with van der Waals surface area (Å²) >= 11 is 0. The van der Waals surface area contributed by atoms with Crippen LogP contribution in [0, 0.1) is 5.92 Å². The van der Waals surface area contributed by atoms with Crippen LogP contribution in [0.15, 0.2) is 42.7 Å². The molecule has 122 valence electrons. The minimum absolute atomic E-state index is 0.159. The second kappa shape index (κ2) is 7.74. The number of nitrogens with zero attached hydrogens (tertiary/aromatic N) is 1. The van der Waals surface area contributed by atoms with Crippen LogP contribution in [0.4, 0.5) is 5.69 Å². The van der Waals surface area contributed by atoms with E-state index in [2.05, 4.69) is 10.3 Å². The largest absolute Gasteiger partial charge is 0.494 e. The molecule has 3 N–H and O–H groups in total. The molecule has 0 aliphatic heterocycles. The minimum Gasteiger partial charge on any atom is -0.494 e. The van der Waals surface area contributed by atoms with Crippen molar-refractivity contribution in [3.63, 3.8) is 0 Å². The van der Waals surface area contributed by atoms with Gasteiger partial charge in [0.2, 0.25) is 5.91 Å². The first-order valence-corrected chi connectivity index (χ1v) is 7.66. The normalized spacial score (nSPS) is 12.0. The summed E-state index contributed by atoms with van der Waals surface area (Å²) in [6.07, 6.45) is 4.06. The Morgan fingerprint density at radius 1 is 1.26 bits per heavy atom. The average Bonchev–Trinajstić information content (AvgIpc) is 2.55. The van der Waals surface area contributed by atoms with E-state index in [-0.39, 0.29) is 5.91 Å². The Balaban J connectivity index is 2.09. The predicted octanol–water partition coefficient (Wildman–Crippen LogP) is 3.07. The summed E-state index contributed by atoms with van der Waals surface area (Å²) in [5, 5.41) is 2.85. The molecule has 2 aromatic rings. The van der Waals surface area contributed by atoms with Crippen molar-refractivity contribution in [1.29, 1.82) is 0 Å². The molecule has 1 amide bonds. The van der Waals surface area contributed by atoms with E-state index < -0.39 is 6.04 Å². The van der Waals surface area contributed by atoms with Gasteiger partial charge >= 0.3 is 0 Å². The summed E-state index contributed by atoms with van der Waals surface area (Å²) in [6, 6.07) is 8.98. The number of hydrogen-bond acceptors (Lipinski definition) is 4. The smallest absolute Gasteiger partial charge is 0.241 e. The van der Waals surface area contributed by atoms with Crippen LogP contribution < -0.4 is 15.8 Å². The number of benzene rings is 1. The quantitative estimate of drug-likeness (QED) is 0.859. The maximum atomic E-state index is 12.0. The Bertz CT molecular complexity index is 654. The number of ether oxygens (including phenoxy) is 1. The molecular weight excluding hydrogens is 290 g/mol. The van der Waals surface area contributed by atoms with E-state index in [9.17, 15) is 4.79 Å². The predicted molar refractivity (Wildman–Crippen MR) is 92.3 cm³/mol. The molecule has 1 heterocycles. The van der Waals surface area contributed by atoms with E-state index in [0.717, 1.165) is 16.8 Å². The fourth-order valence-electron chi connectivity index (χ4n) is 2.36. The first-order valence-electron chi connectivity index (χ1n) is 7.66. The number of carbonyl (C=O) groups is 1. The van der Waals surface area contributed by atoms with Crippen molar-refractivity contribution in [2.45, 2.75) is 26.3 Å². The zero-order valence-corrected chi connectivity index (χ0v) is 13.7. The van der Waals surface area contributed by atoms with Crippen molar-refractivity contribution < 1.29 is 9.53 Å². The van der Waals surface area contributed by atoms with Gasteiger partial charge in [-0.3, -0.25) is 9.78 Å². The average molecular weight is 313 g/mol. The lowest BCUT2D eigenvalue weighted by Crippen LogP contribution is -2.36. The molecule has 0 radical (unpaired) electrons. The standard InChI is InChI=1S/C18H23N3O2/c1-12(2)10-16(19)18(22)21-14-6-4-13(5-7-14)15-8-9-20-11-17(15)23-3/h4-9,11-12,16H,10,19H2,1-3H3,(H,21,22). The zero-order chi connectivity index (χ0) is 16.8. The number of amides is 1. The molecule has 1 unspecified atom stereocenters. The highest BCUT2D eigenvalue weighted by Gasteiger charge is 2.15. The van der Waals surface area contributed by atoms with Crippen LogP contribution >= 0.6 is 0 Å². The van der Waals surface area contributed by atoms with Crippen LogP contribution in [0.1, 0.15) is 20.3 Å². The van der Waals surface area contributed by atoms with Crippen LogP contribution in [0.25, 0.3) is 11.1 Å². The molecule has 5 nitrogen and oxygen atoms in total. The van der Waals surface area contributed by atoms with E-state index >= 15 is 0 Å². The highest BCUT2D eigenvalue weighted by Crippen LogP contribution is 2.29. The molecule has 0 saturated carbocycles. The van der Waals surface area contributed by atoms with Crippen molar-refractivity contribution in [3.8, 4) is 16.9 Å². The number of anilines is 1. The number of nitrogens with two attached hydrogens (primary N) is 1. The summed E-state index contributed by atoms with van der Waals surface area (Å²) in [4.78, 5) is 16.1. The minimum atomic E-state index is -0.491. The summed E-state index contributed by atoms with van der Waals surface area (Å²) in [7, 11) is 1.62. The molecule has 0 aliphatic rings. The SMILES string of the molecule is COc1cnccc1-c1ccc(NC(=O)C(N)CC(C)C)cc1. The first-order chi connectivity index (χ1) is 11.0. The maximum absolute atomic E-state index is 12.0. The van der Waals surface area contributed by atoms with E-state index in [0.29, 0.717) is 18.1 Å². The van der Waals surface area contributed by atoms with Crippen molar-refractivity contribution >= 4 is 11.6 Å². The van der Waals surface area contributed by atoms with E-state index in [4.69, 9.17) is 10.5 Å². The molecular formula is C18H23N3O2. The fraction of sp³-hybridized carbons (Fsp3) is 0.333. The molecule has 0 spiro atoms. The van der Waals surface area contributed by atoms with Crippen LogP contribution in [-0.2, 0) is 4.79 Å². The van der Waals surface area contributed by atoms with Gasteiger partial charge in [-0.05, 0) is 36.1 Å². The monoisotopic (exact) mass is 313 g/mol. The third-order valence-corrected chi connectivity index (χ3v) is 3.53. The van der Waals surface area contributed by atoms with Gasteiger partial charge in [0.05, 0.1) is 19.3 Å². The van der Waals surface area contributed by atoms with E-state index in [1.165, 1.54) is 0 Å². The van der Waals surface area contributed by atoms with Crippen LogP contribution in [0.5, 0.6) is 5.75 Å². The van der Waals surface area contributed by atoms with E-state index in [1.807, 2.05) is 44.2 Å². The molecule has 0 aliphatic carbocycles. The van der Waals surface area contributed by atoms with Crippen LogP contribution in [0.3, 0.4) is 0 Å². The number of aromatic nitrogens is 1. The zero-order valence-electron chi connectivity index (χ0n) is 13.7. The molecule has 5 heteroatoms. The van der Waals surface area contributed by atoms with Crippen molar-refractivity contribution in [2.75, 3.05) is 12.4 Å². The topological polar surface area (TPSA) is 77.2 Å². The highest BCUT2D eigenvalue weighted by atomic mass is 16.5. The van der Waals surface area contributed by atoms with Crippen molar-refractivity contribution in [1.82, 2.24) is 4.98 Å². The molecule has 1 atom stereocenters. The number of methoxy groups -OCH3 is 1. The Kier molecular flexibility index (Phi) is 5.71. The van der Waals surface area contributed by atoms with Gasteiger partial charge in [0, 0.05) is 17.4 Å². The first kappa shape index (κ1) is 17.0. The summed E-state index contributed by atoms with van der Waals surface area (Å²) in [5.74, 6) is 0.938. The van der Waals surface area contributed by atoms with Gasteiger partial charge in [0.25, 0.3) is 0 Å². The lowest BCUT2D eigenvalue weighted by molar-refractivity contribution is -0.117. The lowest BCUT2D eigenvalue weighted by atomic mass is 10.0. The third-order valence-electron chi connectivity index (χ3n) is 3.53. The number of rotatable bonds is 6. The van der Waals surface area contributed by atoms with Crippen molar-refractivity contribution in [2.24, 2.45) is 11.7 Å². The molecule has 0 saturated heterocycles. The van der Waals surface area contributed by atoms with E-state index in [1.54, 1.807) is 19.5 Å². The van der Waals surface area contributed by atoms with Crippen molar-refractivity contribution in [3.05, 3.63) is 42.7 Å². The molecule has 1 aromatic carbocycles. The van der Waals surface area contributed by atoms with Crippen LogP contribution in [0.2, 0.25) is 0 Å². The molecule has 1 aromatic heterocycles. The van der Waals surface area contributed by atoms with Gasteiger partial charge in [0.1, 0.15) is 5.75 Å². The molecule has 2 rings (SSSR count). The summed E-state index contributed by atoms with van der Waals surface area (Å²) in [6.45, 7) is 4.09. The molecule has 0 fully saturated rings. The van der Waals surface area contributed by atoms with Gasteiger partial charge in [0.15, 0.2) is 0 Å². The highest BCUT2D eigenvalue weighted by molar-refractivity contribution is 5.94. The Morgan fingerprint density at radius 2 is 1.96 bits per heavy atom. The lowest BCUT2D eigenvalue weighted by Gasteiger charge is -2.14. The molecule has 23 heavy (non-hydrogen) atoms. The van der Waals surface area contributed by atoms with Crippen LogP contribution in [-0.4, -0.2) is 24.0 Å². The maximum Gasteiger partial charge on any atom is 0.241 e. The second-order valence-corrected chi connectivity index (χ2v) is 5.88. The van der Waals surface area contributed by atoms with Gasteiger partial charge < -0.3 is 15.8 Å². The van der Waals surface area contributed by atoms with Gasteiger partial charge in [-0.2, -0.15) is 0 Å². The Hall–Kier alpha value is -2.40. The second-order valence-electron chi connectivity index (χ2n) is 5.88. The van der Waals surface area contributed by atoms with Gasteiger partial charge in [-0.15, -0.1) is 0 Å². The third kappa shape index (κ3) is 4.53. The summed E-state index contributed by atoms with van der Waals surface area (Å²) < 4.78 is 5.31. The van der Waals surface area contributed by atoms with Gasteiger partial charge in [-0.1, -0.05) is 26.0 Å². The number of hydrogen-bond donors (Lipinski definition) is 2. The number of nitrogens with one attached hydrogen (secondary N) is 1. The molecule has 0 bridgehead atoms. The fourth-order valence-corrected chi connectivity index (χ4v) is 2.36. The summed E-state index contributed by atoms with van der Waals surface area (Å²) in [5.41, 5.74) is 8.57. The number of carbonyl (C=O) groups excluding carboxylic acids is 1. The van der Waals surface area contributed by atoms with Gasteiger partial charge in [-0.25, -0.2) is 0 Å². The Labute approximate surface area is 136 Å². The number of pyridine rings is 1. The Morgan fingerprint density at radius 3 is 2.57 bits per heavy atom.